The Morgan fingerprint density at radius 3 is 2.47 bits per heavy atom. The molecule has 0 radical (unpaired) electrons. The van der Waals surface area contributed by atoms with Gasteiger partial charge in [0.25, 0.3) is 0 Å². The number of Topliss-reactive ketones (excluding diaryl/α,β-unsaturated/α-hetero) is 1. The maximum Gasteiger partial charge on any atom is 0.167 e. The van der Waals surface area contributed by atoms with Crippen LogP contribution in [0.1, 0.15) is 43.1 Å². The quantitative estimate of drug-likeness (QED) is 0.816. The first-order chi connectivity index (χ1) is 7.90. The molecule has 0 atom stereocenters. The molecule has 0 aliphatic carbocycles. The maximum absolute atomic E-state index is 11.9. The SMILES string of the molecule is COc1ccc(C(C)(C)C)cc1C(=O)CCN. The first-order valence-corrected chi connectivity index (χ1v) is 5.82. The van der Waals surface area contributed by atoms with Gasteiger partial charge in [-0.3, -0.25) is 4.79 Å². The van der Waals surface area contributed by atoms with Gasteiger partial charge in [-0.05, 0) is 29.7 Å². The van der Waals surface area contributed by atoms with E-state index in [1.807, 2.05) is 18.2 Å². The summed E-state index contributed by atoms with van der Waals surface area (Å²) < 4.78 is 5.22. The molecule has 1 aromatic carbocycles. The minimum absolute atomic E-state index is 0.0179. The van der Waals surface area contributed by atoms with Crippen molar-refractivity contribution in [3.8, 4) is 5.75 Å². The molecular formula is C14H21NO2. The van der Waals surface area contributed by atoms with Gasteiger partial charge in [0, 0.05) is 6.42 Å². The van der Waals surface area contributed by atoms with Gasteiger partial charge in [0.05, 0.1) is 12.7 Å². The fraction of sp³-hybridized carbons (Fsp3) is 0.500. The summed E-state index contributed by atoms with van der Waals surface area (Å²) in [4.78, 5) is 11.9. The van der Waals surface area contributed by atoms with E-state index in [1.165, 1.54) is 0 Å². The second-order valence-electron chi connectivity index (χ2n) is 5.13. The molecule has 0 aliphatic rings. The number of hydrogen-bond donors (Lipinski definition) is 1. The molecule has 0 amide bonds. The third-order valence-electron chi connectivity index (χ3n) is 2.74. The van der Waals surface area contributed by atoms with E-state index in [4.69, 9.17) is 10.5 Å². The van der Waals surface area contributed by atoms with E-state index < -0.39 is 0 Å². The van der Waals surface area contributed by atoms with E-state index in [2.05, 4.69) is 20.8 Å². The molecule has 2 N–H and O–H groups in total. The van der Waals surface area contributed by atoms with Gasteiger partial charge in [-0.1, -0.05) is 26.8 Å². The molecule has 0 heterocycles. The Kier molecular flexibility index (Phi) is 4.29. The van der Waals surface area contributed by atoms with Crippen LogP contribution in [0.25, 0.3) is 0 Å². The second kappa shape index (κ2) is 5.32. The lowest BCUT2D eigenvalue weighted by Crippen LogP contribution is -2.14. The number of rotatable bonds is 4. The minimum atomic E-state index is 0.0179. The number of benzene rings is 1. The lowest BCUT2D eigenvalue weighted by molar-refractivity contribution is 0.0982. The van der Waals surface area contributed by atoms with Gasteiger partial charge in [-0.2, -0.15) is 0 Å². The molecule has 0 saturated heterocycles. The topological polar surface area (TPSA) is 52.3 Å². The van der Waals surface area contributed by atoms with Crippen LogP contribution in [0, 0.1) is 0 Å². The predicted molar refractivity (Wildman–Crippen MR) is 69.7 cm³/mol. The molecule has 0 saturated carbocycles. The number of ether oxygens (including phenoxy) is 1. The Balaban J connectivity index is 3.20. The van der Waals surface area contributed by atoms with Crippen molar-refractivity contribution in [3.63, 3.8) is 0 Å². The summed E-state index contributed by atoms with van der Waals surface area (Å²) in [6.45, 7) is 6.71. The highest BCUT2D eigenvalue weighted by Crippen LogP contribution is 2.28. The van der Waals surface area contributed by atoms with Crippen molar-refractivity contribution in [1.29, 1.82) is 0 Å². The molecule has 94 valence electrons. The number of hydrogen-bond acceptors (Lipinski definition) is 3. The van der Waals surface area contributed by atoms with Crippen molar-refractivity contribution < 1.29 is 9.53 Å². The van der Waals surface area contributed by atoms with Gasteiger partial charge in [-0.25, -0.2) is 0 Å². The fourth-order valence-corrected chi connectivity index (χ4v) is 1.66. The molecular weight excluding hydrogens is 214 g/mol. The number of carbonyl (C=O) groups excluding carboxylic acids is 1. The monoisotopic (exact) mass is 235 g/mol. The van der Waals surface area contributed by atoms with E-state index in [0.717, 1.165) is 5.56 Å². The van der Waals surface area contributed by atoms with Crippen LogP contribution < -0.4 is 10.5 Å². The first kappa shape index (κ1) is 13.7. The van der Waals surface area contributed by atoms with Crippen LogP contribution in [0.4, 0.5) is 0 Å². The van der Waals surface area contributed by atoms with Crippen LogP contribution in [-0.4, -0.2) is 19.4 Å². The Hall–Kier alpha value is -1.35. The summed E-state index contributed by atoms with van der Waals surface area (Å²) >= 11 is 0. The van der Waals surface area contributed by atoms with Crippen molar-refractivity contribution in [3.05, 3.63) is 29.3 Å². The van der Waals surface area contributed by atoms with Crippen LogP contribution in [0.5, 0.6) is 5.75 Å². The van der Waals surface area contributed by atoms with Crippen molar-refractivity contribution >= 4 is 5.78 Å². The summed E-state index contributed by atoms with van der Waals surface area (Å²) in [5, 5.41) is 0. The zero-order chi connectivity index (χ0) is 13.1. The second-order valence-corrected chi connectivity index (χ2v) is 5.13. The highest BCUT2D eigenvalue weighted by atomic mass is 16.5. The third-order valence-corrected chi connectivity index (χ3v) is 2.74. The number of ketones is 1. The number of methoxy groups -OCH3 is 1. The number of nitrogens with two attached hydrogens (primary N) is 1. The number of carbonyl (C=O) groups is 1. The molecule has 0 spiro atoms. The van der Waals surface area contributed by atoms with Crippen molar-refractivity contribution in [2.45, 2.75) is 32.6 Å². The average Bonchev–Trinajstić information content (AvgIpc) is 2.27. The third kappa shape index (κ3) is 3.30. The molecule has 1 aromatic rings. The molecule has 0 bridgehead atoms. The van der Waals surface area contributed by atoms with Gasteiger partial charge < -0.3 is 10.5 Å². The lowest BCUT2D eigenvalue weighted by Gasteiger charge is -2.20. The molecule has 0 unspecified atom stereocenters. The maximum atomic E-state index is 11.9. The zero-order valence-electron chi connectivity index (χ0n) is 11.0. The van der Waals surface area contributed by atoms with Crippen LogP contribution in [0.15, 0.2) is 18.2 Å². The standard InChI is InChI=1S/C14H21NO2/c1-14(2,3)10-5-6-13(17-4)11(9-10)12(16)7-8-15/h5-6,9H,7-8,15H2,1-4H3. The minimum Gasteiger partial charge on any atom is -0.496 e. The fourth-order valence-electron chi connectivity index (χ4n) is 1.66. The Bertz CT molecular complexity index is 405. The molecule has 1 rings (SSSR count). The molecule has 3 heteroatoms. The van der Waals surface area contributed by atoms with Crippen molar-refractivity contribution in [2.75, 3.05) is 13.7 Å². The predicted octanol–water partition coefficient (Wildman–Crippen LogP) is 2.52. The van der Waals surface area contributed by atoms with Gasteiger partial charge in [0.15, 0.2) is 5.78 Å². The Labute approximate surface area is 103 Å². The smallest absolute Gasteiger partial charge is 0.167 e. The van der Waals surface area contributed by atoms with Gasteiger partial charge in [0.2, 0.25) is 0 Å². The van der Waals surface area contributed by atoms with E-state index in [1.54, 1.807) is 7.11 Å². The Morgan fingerprint density at radius 2 is 2.00 bits per heavy atom. The summed E-state index contributed by atoms with van der Waals surface area (Å²) in [5.74, 6) is 0.659. The molecule has 0 aliphatic heterocycles. The highest BCUT2D eigenvalue weighted by Gasteiger charge is 2.18. The average molecular weight is 235 g/mol. The van der Waals surface area contributed by atoms with Gasteiger partial charge in [-0.15, -0.1) is 0 Å². The van der Waals surface area contributed by atoms with E-state index >= 15 is 0 Å². The molecule has 0 aromatic heterocycles. The van der Waals surface area contributed by atoms with Crippen LogP contribution in [-0.2, 0) is 5.41 Å². The lowest BCUT2D eigenvalue weighted by atomic mass is 9.85. The summed E-state index contributed by atoms with van der Waals surface area (Å²) in [5.41, 5.74) is 7.19. The Morgan fingerprint density at radius 1 is 1.35 bits per heavy atom. The van der Waals surface area contributed by atoms with Crippen LogP contribution in [0.2, 0.25) is 0 Å². The molecule has 17 heavy (non-hydrogen) atoms. The highest BCUT2D eigenvalue weighted by molar-refractivity contribution is 5.99. The summed E-state index contributed by atoms with van der Waals surface area (Å²) in [7, 11) is 1.57. The van der Waals surface area contributed by atoms with Crippen molar-refractivity contribution in [2.24, 2.45) is 5.73 Å². The normalized spacial score (nSPS) is 11.4. The molecule has 0 fully saturated rings. The van der Waals surface area contributed by atoms with Crippen LogP contribution in [0.3, 0.4) is 0 Å². The summed E-state index contributed by atoms with van der Waals surface area (Å²) in [6, 6.07) is 5.76. The first-order valence-electron chi connectivity index (χ1n) is 5.82. The van der Waals surface area contributed by atoms with Crippen LogP contribution >= 0.6 is 0 Å². The van der Waals surface area contributed by atoms with Gasteiger partial charge in [0.1, 0.15) is 5.75 Å². The largest absolute Gasteiger partial charge is 0.496 e. The molecule has 3 nitrogen and oxygen atoms in total. The van der Waals surface area contributed by atoms with E-state index in [0.29, 0.717) is 24.3 Å². The van der Waals surface area contributed by atoms with Gasteiger partial charge >= 0.3 is 0 Å². The van der Waals surface area contributed by atoms with E-state index in [9.17, 15) is 4.79 Å². The zero-order valence-corrected chi connectivity index (χ0v) is 11.0. The van der Waals surface area contributed by atoms with E-state index in [-0.39, 0.29) is 11.2 Å². The van der Waals surface area contributed by atoms with Crippen molar-refractivity contribution in [1.82, 2.24) is 0 Å². The summed E-state index contributed by atoms with van der Waals surface area (Å²) in [6.07, 6.45) is 0.351.